The molecule has 3 aliphatic rings. The number of ether oxygens (including phenoxy) is 2. The number of esters is 1. The van der Waals surface area contributed by atoms with Crippen molar-refractivity contribution in [3.05, 3.63) is 0 Å². The summed E-state index contributed by atoms with van der Waals surface area (Å²) in [5, 5.41) is 0. The molecule has 5 nitrogen and oxygen atoms in total. The second kappa shape index (κ2) is 3.42. The Kier molecular flexibility index (Phi) is 2.24. The first-order valence-electron chi connectivity index (χ1n) is 6.01. The average molecular weight is 227 g/mol. The molecule has 90 valence electrons. The fraction of sp³-hybridized carbons (Fsp3) is 0.909. The van der Waals surface area contributed by atoms with Crippen molar-refractivity contribution >= 4 is 5.97 Å². The van der Waals surface area contributed by atoms with Crippen LogP contribution in [0.1, 0.15) is 39.0 Å². The van der Waals surface area contributed by atoms with Crippen LogP contribution in [-0.4, -0.2) is 24.1 Å². The van der Waals surface area contributed by atoms with Gasteiger partial charge in [-0.1, -0.05) is 13.3 Å². The van der Waals surface area contributed by atoms with E-state index in [1.165, 1.54) is 6.42 Å². The Labute approximate surface area is 94.4 Å². The number of hydrogen-bond donors (Lipinski definition) is 1. The van der Waals surface area contributed by atoms with E-state index in [9.17, 15) is 4.79 Å². The Morgan fingerprint density at radius 1 is 1.31 bits per heavy atom. The maximum atomic E-state index is 12.0. The van der Waals surface area contributed by atoms with Crippen molar-refractivity contribution in [3.8, 4) is 0 Å². The lowest BCUT2D eigenvalue weighted by Crippen LogP contribution is -2.43. The van der Waals surface area contributed by atoms with Crippen LogP contribution < -0.4 is 5.48 Å². The van der Waals surface area contributed by atoms with Gasteiger partial charge in [-0.2, -0.15) is 5.48 Å². The molecule has 3 rings (SSSR count). The van der Waals surface area contributed by atoms with Gasteiger partial charge < -0.3 is 4.74 Å². The zero-order valence-corrected chi connectivity index (χ0v) is 9.45. The van der Waals surface area contributed by atoms with Crippen molar-refractivity contribution in [2.75, 3.05) is 6.54 Å². The van der Waals surface area contributed by atoms with Crippen LogP contribution in [0, 0.1) is 5.92 Å². The summed E-state index contributed by atoms with van der Waals surface area (Å²) < 4.78 is 11.4. The molecule has 2 unspecified atom stereocenters. The van der Waals surface area contributed by atoms with Crippen LogP contribution in [0.15, 0.2) is 0 Å². The number of hydrogen-bond acceptors (Lipinski definition) is 5. The van der Waals surface area contributed by atoms with Gasteiger partial charge in [0, 0.05) is 25.3 Å². The Bertz CT molecular complexity index is 313. The fourth-order valence-corrected chi connectivity index (χ4v) is 2.75. The molecule has 2 heterocycles. The maximum Gasteiger partial charge on any atom is 0.371 e. The molecule has 0 radical (unpaired) electrons. The van der Waals surface area contributed by atoms with E-state index in [0.717, 1.165) is 25.7 Å². The van der Waals surface area contributed by atoms with Crippen molar-refractivity contribution in [2.45, 2.75) is 50.6 Å². The molecule has 2 aliphatic heterocycles. The smallest absolute Gasteiger partial charge is 0.371 e. The van der Waals surface area contributed by atoms with Gasteiger partial charge in [-0.05, 0) is 12.8 Å². The van der Waals surface area contributed by atoms with Crippen molar-refractivity contribution < 1.29 is 19.1 Å². The van der Waals surface area contributed by atoms with Gasteiger partial charge in [-0.25, -0.2) is 4.79 Å². The van der Waals surface area contributed by atoms with Crippen molar-refractivity contribution in [1.29, 1.82) is 0 Å². The lowest BCUT2D eigenvalue weighted by Gasteiger charge is -2.32. The number of carbonyl (C=O) groups excluding carboxylic acids is 1. The van der Waals surface area contributed by atoms with Crippen LogP contribution in [0.5, 0.6) is 0 Å². The molecular weight excluding hydrogens is 210 g/mol. The summed E-state index contributed by atoms with van der Waals surface area (Å²) in [6, 6.07) is 0. The molecule has 0 aromatic carbocycles. The second-order valence-electron chi connectivity index (χ2n) is 4.98. The van der Waals surface area contributed by atoms with Crippen molar-refractivity contribution in [1.82, 2.24) is 5.48 Å². The Morgan fingerprint density at radius 3 is 2.69 bits per heavy atom. The van der Waals surface area contributed by atoms with Gasteiger partial charge in [0.2, 0.25) is 5.79 Å². The van der Waals surface area contributed by atoms with Gasteiger partial charge in [-0.3, -0.25) is 9.57 Å². The van der Waals surface area contributed by atoms with Crippen molar-refractivity contribution in [2.24, 2.45) is 5.92 Å². The summed E-state index contributed by atoms with van der Waals surface area (Å²) in [5.41, 5.74) is 2.73. The lowest BCUT2D eigenvalue weighted by atomic mass is 9.94. The van der Waals surface area contributed by atoms with Crippen LogP contribution in [-0.2, 0) is 19.1 Å². The van der Waals surface area contributed by atoms with Gasteiger partial charge in [0.1, 0.15) is 0 Å². The molecule has 2 atom stereocenters. The third-order valence-corrected chi connectivity index (χ3v) is 3.78. The maximum absolute atomic E-state index is 12.0. The van der Waals surface area contributed by atoms with Gasteiger partial charge in [0.25, 0.3) is 5.79 Å². The minimum Gasteiger partial charge on any atom is -0.429 e. The highest BCUT2D eigenvalue weighted by Crippen LogP contribution is 2.46. The Morgan fingerprint density at radius 2 is 2.06 bits per heavy atom. The van der Waals surface area contributed by atoms with E-state index < -0.39 is 11.6 Å². The SMILES string of the molecule is CC1CNOC12OC1(CCCCC1)OC2=O. The van der Waals surface area contributed by atoms with Gasteiger partial charge in [0.05, 0.1) is 0 Å². The van der Waals surface area contributed by atoms with E-state index >= 15 is 0 Å². The highest BCUT2D eigenvalue weighted by atomic mass is 16.9. The quantitative estimate of drug-likeness (QED) is 0.628. The molecule has 16 heavy (non-hydrogen) atoms. The first kappa shape index (κ1) is 10.5. The Balaban J connectivity index is 1.86. The highest BCUT2D eigenvalue weighted by molar-refractivity contribution is 5.80. The molecule has 2 spiro atoms. The van der Waals surface area contributed by atoms with E-state index in [-0.39, 0.29) is 11.9 Å². The minimum atomic E-state index is -1.20. The summed E-state index contributed by atoms with van der Waals surface area (Å²) in [4.78, 5) is 17.3. The van der Waals surface area contributed by atoms with Crippen LogP contribution in [0.25, 0.3) is 0 Å². The Hall–Kier alpha value is -0.650. The van der Waals surface area contributed by atoms with Crippen LogP contribution in [0.2, 0.25) is 0 Å². The zero-order valence-electron chi connectivity index (χ0n) is 9.45. The molecule has 2 saturated heterocycles. The average Bonchev–Trinajstić information content (AvgIpc) is 2.74. The van der Waals surface area contributed by atoms with E-state index in [2.05, 4.69) is 5.48 Å². The molecule has 0 amide bonds. The van der Waals surface area contributed by atoms with E-state index in [0.29, 0.717) is 6.54 Å². The molecule has 0 bridgehead atoms. The number of carbonyl (C=O) groups is 1. The van der Waals surface area contributed by atoms with Gasteiger partial charge in [-0.15, -0.1) is 0 Å². The monoisotopic (exact) mass is 227 g/mol. The third-order valence-electron chi connectivity index (χ3n) is 3.78. The van der Waals surface area contributed by atoms with Gasteiger partial charge >= 0.3 is 5.97 Å². The van der Waals surface area contributed by atoms with Crippen molar-refractivity contribution in [3.63, 3.8) is 0 Å². The second-order valence-corrected chi connectivity index (χ2v) is 4.98. The van der Waals surface area contributed by atoms with Gasteiger partial charge in [0.15, 0.2) is 0 Å². The molecule has 1 saturated carbocycles. The topological polar surface area (TPSA) is 56.8 Å². The molecule has 5 heteroatoms. The van der Waals surface area contributed by atoms with E-state index in [1.54, 1.807) is 0 Å². The summed E-state index contributed by atoms with van der Waals surface area (Å²) in [6.07, 6.45) is 4.85. The molecular formula is C11H17NO4. The summed E-state index contributed by atoms with van der Waals surface area (Å²) in [5.74, 6) is -2.29. The fourth-order valence-electron chi connectivity index (χ4n) is 2.75. The number of nitrogens with one attached hydrogen (secondary N) is 1. The normalized spacial score (nSPS) is 41.8. The molecule has 0 aromatic rings. The molecule has 0 aromatic heterocycles. The zero-order chi connectivity index (χ0) is 11.2. The van der Waals surface area contributed by atoms with E-state index in [4.69, 9.17) is 14.3 Å². The molecule has 1 N–H and O–H groups in total. The first-order valence-corrected chi connectivity index (χ1v) is 6.01. The largest absolute Gasteiger partial charge is 0.429 e. The summed E-state index contributed by atoms with van der Waals surface area (Å²) in [6.45, 7) is 2.55. The van der Waals surface area contributed by atoms with Crippen LogP contribution in [0.3, 0.4) is 0 Å². The lowest BCUT2D eigenvalue weighted by molar-refractivity contribution is -0.280. The number of rotatable bonds is 0. The first-order chi connectivity index (χ1) is 7.67. The van der Waals surface area contributed by atoms with E-state index in [1.807, 2.05) is 6.92 Å². The summed E-state index contributed by atoms with van der Waals surface area (Å²) in [7, 11) is 0. The minimum absolute atomic E-state index is 0.0127. The molecule has 3 fully saturated rings. The predicted octanol–water partition coefficient (Wildman–Crippen LogP) is 1.09. The van der Waals surface area contributed by atoms with Crippen LogP contribution in [0.4, 0.5) is 0 Å². The molecule has 1 aliphatic carbocycles. The standard InChI is InChI=1S/C11H17NO4/c1-8-7-12-16-11(8)9(13)14-10(15-11)5-3-2-4-6-10/h8,12H,2-7H2,1H3. The predicted molar refractivity (Wildman–Crippen MR) is 54.0 cm³/mol. The summed E-state index contributed by atoms with van der Waals surface area (Å²) >= 11 is 0. The number of hydroxylamine groups is 1. The highest BCUT2D eigenvalue weighted by Gasteiger charge is 2.64. The third kappa shape index (κ3) is 1.31. The van der Waals surface area contributed by atoms with Crippen LogP contribution >= 0.6 is 0 Å².